The summed E-state index contributed by atoms with van der Waals surface area (Å²) in [6, 6.07) is 28.1. The highest BCUT2D eigenvalue weighted by atomic mass is 32.1. The molecule has 1 aliphatic rings. The molecule has 2 heterocycles. The molecule has 1 aliphatic heterocycles. The molecule has 0 spiro atoms. The maximum atomic E-state index is 13.8. The zero-order valence-corrected chi connectivity index (χ0v) is 21.4. The summed E-state index contributed by atoms with van der Waals surface area (Å²) in [5, 5.41) is 4.00. The fourth-order valence-electron chi connectivity index (χ4n) is 4.51. The number of hydrogen-bond donors (Lipinski definition) is 1. The van der Waals surface area contributed by atoms with Gasteiger partial charge in [0, 0.05) is 26.7 Å². The first kappa shape index (κ1) is 23.1. The number of nitrogens with one attached hydrogen (secondary N) is 1. The van der Waals surface area contributed by atoms with E-state index in [-0.39, 0.29) is 5.91 Å². The predicted molar refractivity (Wildman–Crippen MR) is 149 cm³/mol. The quantitative estimate of drug-likeness (QED) is 0.266. The van der Waals surface area contributed by atoms with Crippen LogP contribution in [0.3, 0.4) is 0 Å². The van der Waals surface area contributed by atoms with Crippen LogP contribution in [0.15, 0.2) is 84.9 Å². The Kier molecular flexibility index (Phi) is 6.02. The molecule has 184 valence electrons. The van der Waals surface area contributed by atoms with Crippen LogP contribution in [-0.2, 0) is 0 Å². The van der Waals surface area contributed by atoms with Crippen LogP contribution < -0.4 is 19.5 Å². The van der Waals surface area contributed by atoms with E-state index in [1.165, 1.54) is 5.56 Å². The maximum absolute atomic E-state index is 13.8. The molecule has 37 heavy (non-hydrogen) atoms. The van der Waals surface area contributed by atoms with Crippen LogP contribution in [0.25, 0.3) is 31.7 Å². The smallest absolute Gasteiger partial charge is 0.257 e. The van der Waals surface area contributed by atoms with Crippen molar-refractivity contribution in [3.63, 3.8) is 0 Å². The van der Waals surface area contributed by atoms with E-state index in [0.29, 0.717) is 36.0 Å². The molecule has 4 aromatic carbocycles. The second-order valence-electron chi connectivity index (χ2n) is 8.92. The van der Waals surface area contributed by atoms with Crippen molar-refractivity contribution < 1.29 is 19.0 Å². The fraction of sp³-hybridized carbons (Fsp3) is 0.129. The number of carbonyl (C=O) groups excluding carboxylic acids is 1. The van der Waals surface area contributed by atoms with E-state index < -0.39 is 0 Å². The fourth-order valence-corrected chi connectivity index (χ4v) is 5.75. The Morgan fingerprint density at radius 1 is 0.811 bits per heavy atom. The first-order valence-corrected chi connectivity index (χ1v) is 12.9. The van der Waals surface area contributed by atoms with Crippen molar-refractivity contribution in [3.05, 3.63) is 96.1 Å². The van der Waals surface area contributed by atoms with Crippen LogP contribution >= 0.6 is 11.3 Å². The number of thiophene rings is 1. The van der Waals surface area contributed by atoms with Gasteiger partial charge in [0.15, 0.2) is 11.5 Å². The second kappa shape index (κ2) is 9.64. The molecule has 0 aliphatic carbocycles. The minimum absolute atomic E-state index is 0.170. The summed E-state index contributed by atoms with van der Waals surface area (Å²) in [6.07, 6.45) is 0. The van der Waals surface area contributed by atoms with E-state index in [1.807, 2.05) is 48.5 Å². The summed E-state index contributed by atoms with van der Waals surface area (Å²) in [5.41, 5.74) is 5.76. The Morgan fingerprint density at radius 2 is 1.51 bits per heavy atom. The number of aryl methyl sites for hydroxylation is 1. The number of fused-ring (bicyclic) bond motifs is 2. The Bertz CT molecular complexity index is 1600. The molecule has 5 nitrogen and oxygen atoms in total. The zero-order valence-electron chi connectivity index (χ0n) is 20.5. The van der Waals surface area contributed by atoms with Crippen molar-refractivity contribution in [1.82, 2.24) is 0 Å². The monoisotopic (exact) mass is 507 g/mol. The number of hydrogen-bond acceptors (Lipinski definition) is 5. The van der Waals surface area contributed by atoms with Gasteiger partial charge in [-0.15, -0.1) is 11.3 Å². The highest BCUT2D eigenvalue weighted by Gasteiger charge is 2.22. The topological polar surface area (TPSA) is 56.8 Å². The van der Waals surface area contributed by atoms with Gasteiger partial charge in [-0.05, 0) is 66.1 Å². The summed E-state index contributed by atoms with van der Waals surface area (Å²) in [4.78, 5) is 14.7. The number of ether oxygens (including phenoxy) is 3. The van der Waals surface area contributed by atoms with Gasteiger partial charge < -0.3 is 19.5 Å². The zero-order chi connectivity index (χ0) is 25.4. The molecular weight excluding hydrogens is 482 g/mol. The van der Waals surface area contributed by atoms with Crippen molar-refractivity contribution in [1.29, 1.82) is 0 Å². The van der Waals surface area contributed by atoms with Crippen molar-refractivity contribution in [2.75, 3.05) is 25.6 Å². The van der Waals surface area contributed by atoms with E-state index in [9.17, 15) is 4.79 Å². The molecule has 0 radical (unpaired) electrons. The molecule has 1 amide bonds. The molecule has 6 rings (SSSR count). The Morgan fingerprint density at radius 3 is 2.27 bits per heavy atom. The second-order valence-corrected chi connectivity index (χ2v) is 9.98. The summed E-state index contributed by atoms with van der Waals surface area (Å²) in [5.74, 6) is 1.93. The Hall–Kier alpha value is -4.29. The Balaban J connectivity index is 1.43. The van der Waals surface area contributed by atoms with Crippen LogP contribution in [0.4, 0.5) is 5.69 Å². The lowest BCUT2D eigenvalue weighted by molar-refractivity contribution is 0.102. The van der Waals surface area contributed by atoms with E-state index >= 15 is 0 Å². The molecule has 6 heteroatoms. The van der Waals surface area contributed by atoms with Gasteiger partial charge in [0.05, 0.1) is 12.7 Å². The average molecular weight is 508 g/mol. The minimum Gasteiger partial charge on any atom is -0.497 e. The van der Waals surface area contributed by atoms with Gasteiger partial charge in [0.25, 0.3) is 5.91 Å². The van der Waals surface area contributed by atoms with Gasteiger partial charge in [0.1, 0.15) is 19.0 Å². The Labute approximate surface area is 219 Å². The van der Waals surface area contributed by atoms with Crippen molar-refractivity contribution in [3.8, 4) is 38.8 Å². The molecule has 0 fully saturated rings. The van der Waals surface area contributed by atoms with Crippen molar-refractivity contribution >= 4 is 33.0 Å². The van der Waals surface area contributed by atoms with Gasteiger partial charge in [0.2, 0.25) is 0 Å². The van der Waals surface area contributed by atoms with Crippen LogP contribution in [0.5, 0.6) is 17.2 Å². The van der Waals surface area contributed by atoms with Gasteiger partial charge in [-0.3, -0.25) is 4.79 Å². The normalized spacial score (nSPS) is 12.4. The summed E-state index contributed by atoms with van der Waals surface area (Å²) < 4.78 is 17.7. The molecule has 5 aromatic rings. The van der Waals surface area contributed by atoms with Gasteiger partial charge >= 0.3 is 0 Å². The molecule has 0 bridgehead atoms. The first-order valence-electron chi connectivity index (χ1n) is 12.1. The van der Waals surface area contributed by atoms with Gasteiger partial charge in [-0.1, -0.05) is 42.0 Å². The number of amides is 1. The largest absolute Gasteiger partial charge is 0.497 e. The molecule has 0 atom stereocenters. The van der Waals surface area contributed by atoms with Crippen molar-refractivity contribution in [2.24, 2.45) is 0 Å². The van der Waals surface area contributed by atoms with Gasteiger partial charge in [-0.2, -0.15) is 0 Å². The van der Waals surface area contributed by atoms with E-state index in [2.05, 4.69) is 48.6 Å². The SMILES string of the molecule is COc1ccc(-c2sc3cc(-c4ccc(C)cc4)ccc3c2C(=O)Nc2ccc3c(c2)OCCO3)cc1. The number of anilines is 1. The lowest BCUT2D eigenvalue weighted by Crippen LogP contribution is -2.16. The predicted octanol–water partition coefficient (Wildman–Crippen LogP) is 7.58. The standard InChI is InChI=1S/C31H25NO4S/c1-19-3-5-20(6-4-19)22-9-13-25-28(17-22)37-30(21-7-11-24(34-2)12-8-21)29(25)31(33)32-23-10-14-26-27(18-23)36-16-15-35-26/h3-14,17-18H,15-16H2,1-2H3,(H,32,33). The van der Waals surface area contributed by atoms with Gasteiger partial charge in [-0.25, -0.2) is 0 Å². The first-order chi connectivity index (χ1) is 18.1. The third kappa shape index (κ3) is 4.52. The minimum atomic E-state index is -0.170. The molecule has 1 aromatic heterocycles. The molecule has 1 N–H and O–H groups in total. The lowest BCUT2D eigenvalue weighted by Gasteiger charge is -2.19. The van der Waals surface area contributed by atoms with Crippen LogP contribution in [0.2, 0.25) is 0 Å². The molecule has 0 unspecified atom stereocenters. The van der Waals surface area contributed by atoms with E-state index in [4.69, 9.17) is 14.2 Å². The maximum Gasteiger partial charge on any atom is 0.257 e. The van der Waals surface area contributed by atoms with E-state index in [1.54, 1.807) is 18.4 Å². The lowest BCUT2D eigenvalue weighted by atomic mass is 10.0. The summed E-state index contributed by atoms with van der Waals surface area (Å²) >= 11 is 1.62. The highest BCUT2D eigenvalue weighted by molar-refractivity contribution is 7.22. The average Bonchev–Trinajstić information content (AvgIpc) is 3.32. The van der Waals surface area contributed by atoms with Crippen molar-refractivity contribution in [2.45, 2.75) is 6.92 Å². The number of benzene rings is 4. The number of rotatable bonds is 5. The van der Waals surface area contributed by atoms with Crippen LogP contribution in [0, 0.1) is 6.92 Å². The van der Waals surface area contributed by atoms with E-state index in [0.717, 1.165) is 37.4 Å². The molecule has 0 saturated heterocycles. The van der Waals surface area contributed by atoms with Crippen LogP contribution in [-0.4, -0.2) is 26.2 Å². The van der Waals surface area contributed by atoms with Crippen LogP contribution in [0.1, 0.15) is 15.9 Å². The summed E-state index contributed by atoms with van der Waals surface area (Å²) in [7, 11) is 1.65. The number of carbonyl (C=O) groups is 1. The number of methoxy groups -OCH3 is 1. The molecular formula is C31H25NO4S. The molecule has 0 saturated carbocycles. The third-order valence-corrected chi connectivity index (χ3v) is 7.66. The summed E-state index contributed by atoms with van der Waals surface area (Å²) in [6.45, 7) is 3.10. The highest BCUT2D eigenvalue weighted by Crippen LogP contribution is 2.41. The third-order valence-electron chi connectivity index (χ3n) is 6.45.